The summed E-state index contributed by atoms with van der Waals surface area (Å²) in [7, 11) is -3.75. The zero-order valence-corrected chi connectivity index (χ0v) is 18.2. The third-order valence-corrected chi connectivity index (χ3v) is 5.87. The highest BCUT2D eigenvalue weighted by Gasteiger charge is 2.30. The number of benzene rings is 2. The summed E-state index contributed by atoms with van der Waals surface area (Å²) in [5.74, 6) is 0.0960. The largest absolute Gasteiger partial charge is 0.345 e. The number of rotatable bonds is 7. The number of hydrogen-bond acceptors (Lipinski definition) is 6. The third-order valence-electron chi connectivity index (χ3n) is 4.41. The minimum absolute atomic E-state index is 0.0326. The Morgan fingerprint density at radius 1 is 1.23 bits per heavy atom. The fraction of sp³-hybridized carbons (Fsp3) is 0.250. The van der Waals surface area contributed by atoms with E-state index in [1.165, 1.54) is 13.0 Å². The molecule has 0 aliphatic carbocycles. The van der Waals surface area contributed by atoms with Crippen molar-refractivity contribution in [2.45, 2.75) is 26.4 Å². The van der Waals surface area contributed by atoms with Gasteiger partial charge < -0.3 is 9.84 Å². The molecule has 0 saturated carbocycles. The van der Waals surface area contributed by atoms with Gasteiger partial charge in [0.05, 0.1) is 18.5 Å². The molecule has 10 heteroatoms. The predicted octanol–water partition coefficient (Wildman–Crippen LogP) is 3.17. The van der Waals surface area contributed by atoms with Crippen LogP contribution < -0.4 is 9.62 Å². The summed E-state index contributed by atoms with van der Waals surface area (Å²) in [6.07, 6.45) is 1.04. The van der Waals surface area contributed by atoms with Gasteiger partial charge in [-0.1, -0.05) is 53.2 Å². The molecule has 0 saturated heterocycles. The lowest BCUT2D eigenvalue weighted by molar-refractivity contribution is -0.122. The highest BCUT2D eigenvalue weighted by molar-refractivity contribution is 7.92. The first-order valence-corrected chi connectivity index (χ1v) is 11.3. The molecule has 3 rings (SSSR count). The fourth-order valence-electron chi connectivity index (χ4n) is 2.94. The van der Waals surface area contributed by atoms with Gasteiger partial charge >= 0.3 is 0 Å². The number of hydrogen-bond donors (Lipinski definition) is 1. The van der Waals surface area contributed by atoms with Crippen molar-refractivity contribution >= 4 is 33.2 Å². The number of sulfonamides is 1. The van der Waals surface area contributed by atoms with E-state index in [1.807, 2.05) is 30.3 Å². The van der Waals surface area contributed by atoms with E-state index in [9.17, 15) is 13.2 Å². The van der Waals surface area contributed by atoms with E-state index >= 15 is 0 Å². The second kappa shape index (κ2) is 8.85. The van der Waals surface area contributed by atoms with Crippen LogP contribution in [-0.4, -0.2) is 36.8 Å². The van der Waals surface area contributed by atoms with Crippen molar-refractivity contribution in [1.29, 1.82) is 0 Å². The molecule has 0 aliphatic heterocycles. The molecule has 2 aromatic carbocycles. The summed E-state index contributed by atoms with van der Waals surface area (Å²) in [5.41, 5.74) is 1.80. The minimum Gasteiger partial charge on any atom is -0.345 e. The average molecular weight is 449 g/mol. The van der Waals surface area contributed by atoms with Gasteiger partial charge in [0.2, 0.25) is 27.6 Å². The summed E-state index contributed by atoms with van der Waals surface area (Å²) in [6, 6.07) is 13.1. The van der Waals surface area contributed by atoms with Crippen LogP contribution in [-0.2, 0) is 21.4 Å². The van der Waals surface area contributed by atoms with Crippen LogP contribution in [0.3, 0.4) is 0 Å². The van der Waals surface area contributed by atoms with Gasteiger partial charge in [0, 0.05) is 10.6 Å². The van der Waals surface area contributed by atoms with E-state index in [4.69, 9.17) is 16.1 Å². The Kier molecular flexibility index (Phi) is 6.42. The highest BCUT2D eigenvalue weighted by Crippen LogP contribution is 2.28. The van der Waals surface area contributed by atoms with Crippen LogP contribution in [0.5, 0.6) is 0 Å². The van der Waals surface area contributed by atoms with Gasteiger partial charge in [-0.25, -0.2) is 8.42 Å². The molecular weight excluding hydrogens is 428 g/mol. The quantitative estimate of drug-likeness (QED) is 0.595. The van der Waals surface area contributed by atoms with E-state index in [2.05, 4.69) is 15.5 Å². The number of nitrogens with one attached hydrogen (secondary N) is 1. The number of amides is 1. The van der Waals surface area contributed by atoms with Crippen molar-refractivity contribution < 1.29 is 17.7 Å². The van der Waals surface area contributed by atoms with Gasteiger partial charge in [-0.2, -0.15) is 4.98 Å². The zero-order chi connectivity index (χ0) is 21.9. The molecule has 8 nitrogen and oxygen atoms in total. The van der Waals surface area contributed by atoms with Gasteiger partial charge in [0.25, 0.3) is 0 Å². The maximum atomic E-state index is 12.7. The van der Waals surface area contributed by atoms with Gasteiger partial charge in [0.15, 0.2) is 0 Å². The Morgan fingerprint density at radius 3 is 2.60 bits per heavy atom. The van der Waals surface area contributed by atoms with Crippen molar-refractivity contribution in [3.63, 3.8) is 0 Å². The standard InChI is InChI=1S/C20H21ClN4O4S/c1-13-9-10-16(21)11-17(13)25(30(3,27)28)14(2)20(26)22-12-18-23-19(24-29-18)15-7-5-4-6-8-15/h4-11,14H,12H2,1-3H3,(H,22,26)/t14-/m0/s1. The van der Waals surface area contributed by atoms with Crippen molar-refractivity contribution in [2.75, 3.05) is 10.6 Å². The summed E-state index contributed by atoms with van der Waals surface area (Å²) >= 11 is 6.04. The van der Waals surface area contributed by atoms with E-state index < -0.39 is 22.0 Å². The van der Waals surface area contributed by atoms with E-state index in [0.29, 0.717) is 22.1 Å². The lowest BCUT2D eigenvalue weighted by Gasteiger charge is -2.29. The first-order chi connectivity index (χ1) is 14.2. The van der Waals surface area contributed by atoms with Crippen LogP contribution in [0, 0.1) is 6.92 Å². The lowest BCUT2D eigenvalue weighted by Crippen LogP contribution is -2.48. The molecule has 0 radical (unpaired) electrons. The molecule has 0 bridgehead atoms. The fourth-order valence-corrected chi connectivity index (χ4v) is 4.33. The molecule has 1 amide bonds. The van der Waals surface area contributed by atoms with Crippen LogP contribution in [0.4, 0.5) is 5.69 Å². The van der Waals surface area contributed by atoms with Crippen LogP contribution in [0.1, 0.15) is 18.4 Å². The second-order valence-electron chi connectivity index (χ2n) is 6.76. The van der Waals surface area contributed by atoms with Crippen LogP contribution in [0.15, 0.2) is 53.1 Å². The number of carbonyl (C=O) groups is 1. The monoisotopic (exact) mass is 448 g/mol. The summed E-state index contributed by atoms with van der Waals surface area (Å²) in [6.45, 7) is 3.22. The highest BCUT2D eigenvalue weighted by atomic mass is 35.5. The number of halogens is 1. The Morgan fingerprint density at radius 2 is 1.93 bits per heavy atom. The first-order valence-electron chi connectivity index (χ1n) is 9.08. The van der Waals surface area contributed by atoms with Crippen molar-refractivity contribution in [2.24, 2.45) is 0 Å². The zero-order valence-electron chi connectivity index (χ0n) is 16.7. The van der Waals surface area contributed by atoms with E-state index in [1.54, 1.807) is 19.1 Å². The number of aromatic nitrogens is 2. The molecule has 158 valence electrons. The molecular formula is C20H21ClN4O4S. The van der Waals surface area contributed by atoms with Crippen LogP contribution in [0.2, 0.25) is 5.02 Å². The Balaban J connectivity index is 1.75. The third kappa shape index (κ3) is 4.98. The average Bonchev–Trinajstić information content (AvgIpc) is 3.17. The molecule has 1 atom stereocenters. The molecule has 0 spiro atoms. The predicted molar refractivity (Wildman–Crippen MR) is 115 cm³/mol. The van der Waals surface area contributed by atoms with Gasteiger partial charge in [-0.3, -0.25) is 9.10 Å². The van der Waals surface area contributed by atoms with Crippen molar-refractivity contribution in [1.82, 2.24) is 15.5 Å². The van der Waals surface area contributed by atoms with Crippen LogP contribution in [0.25, 0.3) is 11.4 Å². The number of carbonyl (C=O) groups excluding carboxylic acids is 1. The van der Waals surface area contributed by atoms with Crippen molar-refractivity contribution in [3.05, 3.63) is 65.0 Å². The number of aryl methyl sites for hydroxylation is 1. The maximum Gasteiger partial charge on any atom is 0.246 e. The van der Waals surface area contributed by atoms with Crippen LogP contribution >= 0.6 is 11.6 Å². The molecule has 0 aliphatic rings. The molecule has 1 heterocycles. The first kappa shape index (κ1) is 21.8. The molecule has 0 unspecified atom stereocenters. The molecule has 0 fully saturated rings. The molecule has 30 heavy (non-hydrogen) atoms. The summed E-state index contributed by atoms with van der Waals surface area (Å²) in [5, 5.41) is 6.91. The molecule has 1 aromatic heterocycles. The second-order valence-corrected chi connectivity index (χ2v) is 9.06. The summed E-state index contributed by atoms with van der Waals surface area (Å²) in [4.78, 5) is 17.0. The normalized spacial score (nSPS) is 12.4. The summed E-state index contributed by atoms with van der Waals surface area (Å²) < 4.78 is 31.1. The minimum atomic E-state index is -3.75. The van der Waals surface area contributed by atoms with Gasteiger partial charge in [-0.15, -0.1) is 0 Å². The van der Waals surface area contributed by atoms with E-state index in [-0.39, 0.29) is 12.4 Å². The smallest absolute Gasteiger partial charge is 0.246 e. The molecule has 1 N–H and O–H groups in total. The van der Waals surface area contributed by atoms with Crippen molar-refractivity contribution in [3.8, 4) is 11.4 Å². The number of anilines is 1. The molecule has 3 aromatic rings. The lowest BCUT2D eigenvalue weighted by atomic mass is 10.2. The Bertz CT molecular complexity index is 1150. The van der Waals surface area contributed by atoms with E-state index in [0.717, 1.165) is 16.1 Å². The number of nitrogens with zero attached hydrogens (tertiary/aromatic N) is 3. The van der Waals surface area contributed by atoms with Gasteiger partial charge in [0.1, 0.15) is 6.04 Å². The Labute approximate surface area is 179 Å². The topological polar surface area (TPSA) is 105 Å². The SMILES string of the molecule is Cc1ccc(Cl)cc1N([C@@H](C)C(=O)NCc1nc(-c2ccccc2)no1)S(C)(=O)=O. The van der Waals surface area contributed by atoms with Gasteiger partial charge in [-0.05, 0) is 31.5 Å². The maximum absolute atomic E-state index is 12.7. The Hall–Kier alpha value is -2.91.